The van der Waals surface area contributed by atoms with Crippen molar-refractivity contribution in [1.82, 2.24) is 9.97 Å². The van der Waals surface area contributed by atoms with Gasteiger partial charge in [0.05, 0.1) is 5.69 Å². The van der Waals surface area contributed by atoms with Gasteiger partial charge in [-0.25, -0.2) is 18.4 Å². The van der Waals surface area contributed by atoms with Crippen LogP contribution in [0.1, 0.15) is 0 Å². The Morgan fingerprint density at radius 3 is 2.20 bits per heavy atom. The van der Waals surface area contributed by atoms with Crippen molar-refractivity contribution in [3.8, 4) is 0 Å². The van der Waals surface area contributed by atoms with Gasteiger partial charge in [0, 0.05) is 21.3 Å². The van der Waals surface area contributed by atoms with Gasteiger partial charge in [-0.3, -0.25) is 4.72 Å². The predicted molar refractivity (Wildman–Crippen MR) is 84.7 cm³/mol. The average Bonchev–Trinajstić information content (AvgIpc) is 2.36. The predicted octanol–water partition coefficient (Wildman–Crippen LogP) is 4.11. The highest BCUT2D eigenvalue weighted by Gasteiger charge is 2.21. The summed E-state index contributed by atoms with van der Waals surface area (Å²) in [5, 5.41) is -0.115. The van der Waals surface area contributed by atoms with Gasteiger partial charge >= 0.3 is 0 Å². The Morgan fingerprint density at radius 2 is 1.55 bits per heavy atom. The molecule has 2 heterocycles. The summed E-state index contributed by atoms with van der Waals surface area (Å²) in [4.78, 5) is 7.44. The minimum Gasteiger partial charge on any atom is -0.276 e. The zero-order chi connectivity index (χ0) is 14.9. The van der Waals surface area contributed by atoms with Gasteiger partial charge in [0.25, 0.3) is 10.0 Å². The standard InChI is InChI=1S/C10H5Br2Cl2N3O2S/c11-5-1-7(9(13)15-3-5)17-20(18,19)8-2-6(12)4-16-10(8)14/h1-4,17H. The van der Waals surface area contributed by atoms with E-state index in [0.717, 1.165) is 0 Å². The van der Waals surface area contributed by atoms with Crippen molar-refractivity contribution in [2.75, 3.05) is 4.72 Å². The number of sulfonamides is 1. The molecule has 10 heteroatoms. The third-order valence-corrected chi connectivity index (χ3v) is 5.07. The number of hydrogen-bond donors (Lipinski definition) is 1. The fourth-order valence-electron chi connectivity index (χ4n) is 1.29. The normalized spacial score (nSPS) is 11.4. The van der Waals surface area contributed by atoms with Crippen molar-refractivity contribution in [2.45, 2.75) is 4.90 Å². The number of rotatable bonds is 3. The second-order valence-electron chi connectivity index (χ2n) is 3.54. The van der Waals surface area contributed by atoms with E-state index in [9.17, 15) is 8.42 Å². The highest BCUT2D eigenvalue weighted by molar-refractivity contribution is 9.10. The maximum absolute atomic E-state index is 12.3. The minimum atomic E-state index is -3.93. The zero-order valence-electron chi connectivity index (χ0n) is 9.44. The van der Waals surface area contributed by atoms with E-state index in [2.05, 4.69) is 46.5 Å². The van der Waals surface area contributed by atoms with E-state index in [1.54, 1.807) is 0 Å². The van der Waals surface area contributed by atoms with Crippen molar-refractivity contribution >= 4 is 70.8 Å². The van der Waals surface area contributed by atoms with Crippen LogP contribution in [0.2, 0.25) is 10.3 Å². The molecule has 0 radical (unpaired) electrons. The van der Waals surface area contributed by atoms with Gasteiger partial charge in [-0.2, -0.15) is 0 Å². The van der Waals surface area contributed by atoms with Crippen LogP contribution in [0.4, 0.5) is 5.69 Å². The molecule has 2 rings (SSSR count). The van der Waals surface area contributed by atoms with Gasteiger partial charge in [0.15, 0.2) is 5.15 Å². The molecule has 0 fully saturated rings. The molecule has 0 atom stereocenters. The monoisotopic (exact) mass is 459 g/mol. The smallest absolute Gasteiger partial charge is 0.265 e. The molecule has 5 nitrogen and oxygen atoms in total. The van der Waals surface area contributed by atoms with Crippen molar-refractivity contribution in [1.29, 1.82) is 0 Å². The summed E-state index contributed by atoms with van der Waals surface area (Å²) in [5.74, 6) is 0. The van der Waals surface area contributed by atoms with Crippen LogP contribution in [0.25, 0.3) is 0 Å². The first-order chi connectivity index (χ1) is 9.29. The Morgan fingerprint density at radius 1 is 1.00 bits per heavy atom. The Balaban J connectivity index is 2.46. The number of pyridine rings is 2. The first kappa shape index (κ1) is 16.0. The van der Waals surface area contributed by atoms with E-state index in [1.807, 2.05) is 0 Å². The first-order valence-corrected chi connectivity index (χ1v) is 8.77. The summed E-state index contributed by atoms with van der Waals surface area (Å²) in [6.07, 6.45) is 2.85. The maximum atomic E-state index is 12.3. The van der Waals surface area contributed by atoms with E-state index in [4.69, 9.17) is 23.2 Å². The van der Waals surface area contributed by atoms with E-state index in [-0.39, 0.29) is 20.9 Å². The molecule has 2 aromatic rings. The summed E-state index contributed by atoms with van der Waals surface area (Å²) in [6.45, 7) is 0. The SMILES string of the molecule is O=S(=O)(Nc1cc(Br)cnc1Cl)c1cc(Br)cnc1Cl. The number of nitrogens with zero attached hydrogens (tertiary/aromatic N) is 2. The van der Waals surface area contributed by atoms with E-state index < -0.39 is 10.0 Å². The highest BCUT2D eigenvalue weighted by atomic mass is 79.9. The minimum absolute atomic E-state index is 0.0239. The largest absolute Gasteiger partial charge is 0.276 e. The summed E-state index contributed by atoms with van der Waals surface area (Å²) in [6, 6.07) is 2.84. The lowest BCUT2D eigenvalue weighted by atomic mass is 10.4. The van der Waals surface area contributed by atoms with Gasteiger partial charge in [0.2, 0.25) is 0 Å². The summed E-state index contributed by atoms with van der Waals surface area (Å²) in [7, 11) is -3.93. The molecule has 0 aliphatic rings. The van der Waals surface area contributed by atoms with Crippen LogP contribution in [0.5, 0.6) is 0 Å². The van der Waals surface area contributed by atoms with Gasteiger partial charge < -0.3 is 0 Å². The quantitative estimate of drug-likeness (QED) is 0.698. The Hall–Kier alpha value is -0.410. The average molecular weight is 462 g/mol. The zero-order valence-corrected chi connectivity index (χ0v) is 14.9. The molecule has 1 N–H and O–H groups in total. The molecule has 0 unspecified atom stereocenters. The number of aromatic nitrogens is 2. The van der Waals surface area contributed by atoms with Crippen LogP contribution in [0, 0.1) is 0 Å². The van der Waals surface area contributed by atoms with Gasteiger partial charge in [-0.1, -0.05) is 23.2 Å². The van der Waals surface area contributed by atoms with E-state index in [1.165, 1.54) is 24.5 Å². The second kappa shape index (κ2) is 6.15. The number of hydrogen-bond acceptors (Lipinski definition) is 4. The van der Waals surface area contributed by atoms with Crippen molar-refractivity contribution in [2.24, 2.45) is 0 Å². The van der Waals surface area contributed by atoms with Crippen molar-refractivity contribution in [3.05, 3.63) is 43.8 Å². The van der Waals surface area contributed by atoms with Crippen LogP contribution >= 0.6 is 55.1 Å². The summed E-state index contributed by atoms with van der Waals surface area (Å²) >= 11 is 18.0. The molecule has 0 saturated heterocycles. The third-order valence-electron chi connectivity index (χ3n) is 2.11. The van der Waals surface area contributed by atoms with Crippen LogP contribution in [0.3, 0.4) is 0 Å². The van der Waals surface area contributed by atoms with Gasteiger partial charge in [-0.05, 0) is 44.0 Å². The van der Waals surface area contributed by atoms with Crippen molar-refractivity contribution < 1.29 is 8.42 Å². The number of anilines is 1. The number of halogens is 4. The molecular formula is C10H5Br2Cl2N3O2S. The molecule has 106 valence electrons. The molecule has 0 aromatic carbocycles. The molecule has 2 aromatic heterocycles. The van der Waals surface area contributed by atoms with Crippen LogP contribution in [0.15, 0.2) is 38.4 Å². The highest BCUT2D eigenvalue weighted by Crippen LogP contribution is 2.28. The first-order valence-electron chi connectivity index (χ1n) is 4.94. The number of nitrogens with one attached hydrogen (secondary N) is 1. The lowest BCUT2D eigenvalue weighted by molar-refractivity contribution is 0.601. The van der Waals surface area contributed by atoms with Crippen LogP contribution in [-0.2, 0) is 10.0 Å². The van der Waals surface area contributed by atoms with Crippen LogP contribution in [-0.4, -0.2) is 18.4 Å². The Labute approximate surface area is 142 Å². The molecular weight excluding hydrogens is 457 g/mol. The topological polar surface area (TPSA) is 72.0 Å². The second-order valence-corrected chi connectivity index (χ2v) is 7.74. The molecule has 0 bridgehead atoms. The van der Waals surface area contributed by atoms with E-state index >= 15 is 0 Å². The Kier molecular flexibility index (Phi) is 4.91. The fourth-order valence-corrected chi connectivity index (χ4v) is 3.83. The third kappa shape index (κ3) is 3.62. The van der Waals surface area contributed by atoms with Gasteiger partial charge in [-0.15, -0.1) is 0 Å². The van der Waals surface area contributed by atoms with Crippen LogP contribution < -0.4 is 4.72 Å². The lowest BCUT2D eigenvalue weighted by Gasteiger charge is -2.10. The Bertz CT molecular complexity index is 771. The summed E-state index contributed by atoms with van der Waals surface area (Å²) in [5.41, 5.74) is 0.136. The molecule has 0 saturated carbocycles. The van der Waals surface area contributed by atoms with E-state index in [0.29, 0.717) is 8.95 Å². The van der Waals surface area contributed by atoms with Gasteiger partial charge in [0.1, 0.15) is 10.0 Å². The maximum Gasteiger partial charge on any atom is 0.265 e. The molecule has 0 spiro atoms. The molecule has 0 amide bonds. The van der Waals surface area contributed by atoms with Crippen molar-refractivity contribution in [3.63, 3.8) is 0 Å². The molecule has 20 heavy (non-hydrogen) atoms. The molecule has 0 aliphatic heterocycles. The molecule has 0 aliphatic carbocycles. The lowest BCUT2D eigenvalue weighted by Crippen LogP contribution is -2.14. The fraction of sp³-hybridized carbons (Fsp3) is 0. The summed E-state index contributed by atoms with van der Waals surface area (Å²) < 4.78 is 27.9.